The molecule has 1 aromatic carbocycles. The summed E-state index contributed by atoms with van der Waals surface area (Å²) in [4.78, 5) is 38.8. The van der Waals surface area contributed by atoms with Gasteiger partial charge in [0.2, 0.25) is 0 Å². The van der Waals surface area contributed by atoms with Gasteiger partial charge in [0.15, 0.2) is 0 Å². The molecule has 2 amide bonds. The fourth-order valence-corrected chi connectivity index (χ4v) is 2.77. The fourth-order valence-electron chi connectivity index (χ4n) is 1.96. The lowest BCUT2D eigenvalue weighted by atomic mass is 10.2. The molecule has 1 heterocycles. The third-order valence-corrected chi connectivity index (χ3v) is 4.12. The third kappa shape index (κ3) is 7.90. The van der Waals surface area contributed by atoms with Crippen LogP contribution >= 0.6 is 11.3 Å². The summed E-state index contributed by atoms with van der Waals surface area (Å²) < 4.78 is 5.19. The molecule has 1 atom stereocenters. The molecule has 0 bridgehead atoms. The van der Waals surface area contributed by atoms with Crippen LogP contribution in [0.4, 0.5) is 10.5 Å². The number of hydrogen-bond donors (Lipinski definition) is 3. The highest BCUT2D eigenvalue weighted by Crippen LogP contribution is 2.25. The zero-order chi connectivity index (χ0) is 22.2. The Hall–Kier alpha value is -2.94. The van der Waals surface area contributed by atoms with Crippen molar-refractivity contribution in [1.82, 2.24) is 10.3 Å². The topological polar surface area (TPSA) is 118 Å². The Balaban J connectivity index is 0.00000204. The molecule has 0 radical (unpaired) electrons. The van der Waals surface area contributed by atoms with Crippen LogP contribution in [-0.2, 0) is 9.53 Å². The number of amides is 2. The summed E-state index contributed by atoms with van der Waals surface area (Å²) in [5.74, 6) is -1.66. The number of benzene rings is 1. The standard InChI is InChI=1S/C18H21N3O5S.C2H6/c1-10(16(23)24)19-14(22)13-9-27-15(21-13)11-5-7-12(8-6-11)20-17(25)26-18(2,3)4;1-2/h5-10H,1-4H3,(H,19,22)(H,20,25)(H,23,24);1-2H3. The predicted molar refractivity (Wildman–Crippen MR) is 113 cm³/mol. The predicted octanol–water partition coefficient (Wildman–Crippen LogP) is 4.39. The molecular formula is C20H27N3O5S. The first-order valence-corrected chi connectivity index (χ1v) is 10.0. The molecule has 2 aromatic rings. The van der Waals surface area contributed by atoms with Crippen LogP contribution < -0.4 is 10.6 Å². The van der Waals surface area contributed by atoms with Gasteiger partial charge < -0.3 is 15.2 Å². The lowest BCUT2D eigenvalue weighted by molar-refractivity contribution is -0.138. The van der Waals surface area contributed by atoms with E-state index in [0.29, 0.717) is 10.7 Å². The summed E-state index contributed by atoms with van der Waals surface area (Å²) in [6, 6.07) is 5.92. The largest absolute Gasteiger partial charge is 0.480 e. The summed E-state index contributed by atoms with van der Waals surface area (Å²) in [5.41, 5.74) is 0.900. The number of ether oxygens (including phenoxy) is 1. The highest BCUT2D eigenvalue weighted by Gasteiger charge is 2.18. The van der Waals surface area contributed by atoms with Crippen LogP contribution in [0.5, 0.6) is 0 Å². The molecule has 0 fully saturated rings. The Morgan fingerprint density at radius 2 is 1.72 bits per heavy atom. The van der Waals surface area contributed by atoms with Crippen LogP contribution in [-0.4, -0.2) is 39.7 Å². The lowest BCUT2D eigenvalue weighted by Gasteiger charge is -2.19. The molecule has 0 aliphatic heterocycles. The maximum atomic E-state index is 12.0. The molecule has 0 saturated heterocycles. The maximum absolute atomic E-state index is 12.0. The van der Waals surface area contributed by atoms with Crippen molar-refractivity contribution in [3.05, 3.63) is 35.3 Å². The van der Waals surface area contributed by atoms with E-state index in [1.54, 1.807) is 50.4 Å². The van der Waals surface area contributed by atoms with Gasteiger partial charge in [0.05, 0.1) is 0 Å². The second kappa shape index (κ2) is 10.6. The van der Waals surface area contributed by atoms with Gasteiger partial charge in [-0.15, -0.1) is 11.3 Å². The Labute approximate surface area is 174 Å². The summed E-state index contributed by atoms with van der Waals surface area (Å²) >= 11 is 1.26. The van der Waals surface area contributed by atoms with E-state index >= 15 is 0 Å². The number of nitrogens with one attached hydrogen (secondary N) is 2. The van der Waals surface area contributed by atoms with Gasteiger partial charge in [-0.25, -0.2) is 9.78 Å². The second-order valence-electron chi connectivity index (χ2n) is 6.78. The molecule has 0 aliphatic carbocycles. The number of aliphatic carboxylic acids is 1. The van der Waals surface area contributed by atoms with Crippen molar-refractivity contribution in [2.24, 2.45) is 0 Å². The van der Waals surface area contributed by atoms with Crippen LogP contribution in [0.15, 0.2) is 29.6 Å². The first-order chi connectivity index (χ1) is 13.5. The maximum Gasteiger partial charge on any atom is 0.412 e. The molecule has 0 saturated carbocycles. The van der Waals surface area contributed by atoms with Crippen LogP contribution in [0.25, 0.3) is 10.6 Å². The number of thiazole rings is 1. The summed E-state index contributed by atoms with van der Waals surface area (Å²) in [7, 11) is 0. The fraction of sp³-hybridized carbons (Fsp3) is 0.400. The highest BCUT2D eigenvalue weighted by molar-refractivity contribution is 7.13. The van der Waals surface area contributed by atoms with Crippen LogP contribution in [0.1, 0.15) is 52.0 Å². The van der Waals surface area contributed by atoms with E-state index in [-0.39, 0.29) is 5.69 Å². The zero-order valence-corrected chi connectivity index (χ0v) is 18.2. The number of carboxylic acid groups (broad SMARTS) is 1. The van der Waals surface area contributed by atoms with Crippen molar-refractivity contribution >= 4 is 35.0 Å². The van der Waals surface area contributed by atoms with E-state index in [2.05, 4.69) is 15.6 Å². The van der Waals surface area contributed by atoms with Gasteiger partial charge in [0.1, 0.15) is 22.3 Å². The van der Waals surface area contributed by atoms with Crippen molar-refractivity contribution < 1.29 is 24.2 Å². The van der Waals surface area contributed by atoms with E-state index in [1.165, 1.54) is 18.3 Å². The van der Waals surface area contributed by atoms with Crippen molar-refractivity contribution in [2.75, 3.05) is 5.32 Å². The molecule has 0 aliphatic rings. The number of nitrogens with zero attached hydrogens (tertiary/aromatic N) is 1. The van der Waals surface area contributed by atoms with Crippen molar-refractivity contribution in [3.63, 3.8) is 0 Å². The Bertz CT molecular complexity index is 841. The van der Waals surface area contributed by atoms with E-state index in [9.17, 15) is 14.4 Å². The average molecular weight is 422 g/mol. The van der Waals surface area contributed by atoms with Gasteiger partial charge in [-0.2, -0.15) is 0 Å². The SMILES string of the molecule is CC.CC(NC(=O)c1csc(-c2ccc(NC(=O)OC(C)(C)C)cc2)n1)C(=O)O. The van der Waals surface area contributed by atoms with Crippen molar-refractivity contribution in [2.45, 2.75) is 53.2 Å². The molecule has 8 nitrogen and oxygen atoms in total. The van der Waals surface area contributed by atoms with E-state index in [4.69, 9.17) is 9.84 Å². The molecule has 2 rings (SSSR count). The first kappa shape index (κ1) is 24.1. The summed E-state index contributed by atoms with van der Waals surface area (Å²) in [6.07, 6.45) is -0.545. The van der Waals surface area contributed by atoms with Crippen molar-refractivity contribution in [1.29, 1.82) is 0 Å². The van der Waals surface area contributed by atoms with E-state index in [0.717, 1.165) is 5.56 Å². The molecule has 29 heavy (non-hydrogen) atoms. The second-order valence-corrected chi connectivity index (χ2v) is 7.63. The van der Waals surface area contributed by atoms with Gasteiger partial charge in [0, 0.05) is 16.6 Å². The van der Waals surface area contributed by atoms with Gasteiger partial charge >= 0.3 is 12.1 Å². The highest BCUT2D eigenvalue weighted by atomic mass is 32.1. The Morgan fingerprint density at radius 3 is 2.24 bits per heavy atom. The smallest absolute Gasteiger partial charge is 0.412 e. The number of rotatable bonds is 5. The number of carbonyl (C=O) groups excluding carboxylic acids is 2. The van der Waals surface area contributed by atoms with Crippen LogP contribution in [0, 0.1) is 0 Å². The normalized spacial score (nSPS) is 11.5. The molecule has 158 valence electrons. The Kier molecular flexibility index (Phi) is 8.78. The summed E-state index contributed by atoms with van der Waals surface area (Å²) in [5, 5.41) is 16.0. The van der Waals surface area contributed by atoms with Gasteiger partial charge in [-0.05, 0) is 52.0 Å². The lowest BCUT2D eigenvalue weighted by Crippen LogP contribution is -2.38. The summed E-state index contributed by atoms with van der Waals surface area (Å²) in [6.45, 7) is 10.7. The average Bonchev–Trinajstić information content (AvgIpc) is 3.12. The number of carbonyl (C=O) groups is 3. The van der Waals surface area contributed by atoms with Gasteiger partial charge in [0.25, 0.3) is 5.91 Å². The number of aromatic nitrogens is 1. The Morgan fingerprint density at radius 1 is 1.14 bits per heavy atom. The minimum Gasteiger partial charge on any atom is -0.480 e. The molecule has 0 spiro atoms. The third-order valence-electron chi connectivity index (χ3n) is 3.23. The van der Waals surface area contributed by atoms with Crippen molar-refractivity contribution in [3.8, 4) is 10.6 Å². The van der Waals surface area contributed by atoms with Gasteiger partial charge in [-0.1, -0.05) is 13.8 Å². The molecule has 1 aromatic heterocycles. The van der Waals surface area contributed by atoms with Gasteiger partial charge in [-0.3, -0.25) is 14.9 Å². The monoisotopic (exact) mass is 421 g/mol. The van der Waals surface area contributed by atoms with Crippen LogP contribution in [0.2, 0.25) is 0 Å². The molecular weight excluding hydrogens is 394 g/mol. The number of anilines is 1. The number of carboxylic acids is 1. The van der Waals surface area contributed by atoms with E-state index in [1.807, 2.05) is 13.8 Å². The minimum atomic E-state index is -1.12. The first-order valence-electron chi connectivity index (χ1n) is 9.15. The van der Waals surface area contributed by atoms with Crippen LogP contribution in [0.3, 0.4) is 0 Å². The minimum absolute atomic E-state index is 0.152. The molecule has 9 heteroatoms. The number of hydrogen-bond acceptors (Lipinski definition) is 6. The van der Waals surface area contributed by atoms with E-state index < -0.39 is 29.6 Å². The zero-order valence-electron chi connectivity index (χ0n) is 17.4. The quantitative estimate of drug-likeness (QED) is 0.659. The molecule has 3 N–H and O–H groups in total. The molecule has 1 unspecified atom stereocenters.